The number of likely N-dealkylation sites (tertiary alicyclic amines) is 1. The van der Waals surface area contributed by atoms with Crippen LogP contribution < -0.4 is 5.32 Å². The van der Waals surface area contributed by atoms with E-state index in [0.29, 0.717) is 6.04 Å². The Bertz CT molecular complexity index is 367. The summed E-state index contributed by atoms with van der Waals surface area (Å²) in [5, 5.41) is 11.7. The summed E-state index contributed by atoms with van der Waals surface area (Å²) in [6.45, 7) is 2.98. The lowest BCUT2D eigenvalue weighted by molar-refractivity contribution is -0.136. The maximum atomic E-state index is 10.5. The van der Waals surface area contributed by atoms with Crippen molar-refractivity contribution in [3.05, 3.63) is 35.9 Å². The molecule has 0 aromatic heterocycles. The van der Waals surface area contributed by atoms with Crippen LogP contribution in [0.3, 0.4) is 0 Å². The number of hydrogen-bond donors (Lipinski definition) is 2. The predicted molar refractivity (Wildman–Crippen MR) is 65.8 cm³/mol. The number of carbonyl (C=O) groups is 1. The quantitative estimate of drug-likeness (QED) is 0.796. The van der Waals surface area contributed by atoms with E-state index in [2.05, 4.69) is 22.3 Å². The second kappa shape index (κ2) is 5.80. The molecule has 0 amide bonds. The molecule has 92 valence electrons. The zero-order valence-corrected chi connectivity index (χ0v) is 9.80. The van der Waals surface area contributed by atoms with Gasteiger partial charge in [-0.1, -0.05) is 30.3 Å². The Morgan fingerprint density at radius 1 is 1.41 bits per heavy atom. The smallest absolute Gasteiger partial charge is 0.317 e. The Morgan fingerprint density at radius 2 is 2.18 bits per heavy atom. The van der Waals surface area contributed by atoms with Crippen molar-refractivity contribution in [3.8, 4) is 0 Å². The molecule has 0 spiro atoms. The first-order chi connectivity index (χ1) is 8.24. The summed E-state index contributed by atoms with van der Waals surface area (Å²) in [6, 6.07) is 10.7. The molecular weight excluding hydrogens is 216 g/mol. The van der Waals surface area contributed by atoms with Crippen molar-refractivity contribution in [1.82, 2.24) is 10.2 Å². The number of rotatable bonds is 5. The normalized spacial score (nSPS) is 20.6. The largest absolute Gasteiger partial charge is 0.480 e. The van der Waals surface area contributed by atoms with Gasteiger partial charge in [0.1, 0.15) is 0 Å². The molecule has 1 atom stereocenters. The molecule has 1 saturated heterocycles. The van der Waals surface area contributed by atoms with Crippen LogP contribution in [0.5, 0.6) is 0 Å². The SMILES string of the molecule is O=C(O)CN[C@H]1CCN(Cc2ccccc2)C1. The number of aliphatic carboxylic acids is 1. The van der Waals surface area contributed by atoms with Crippen molar-refractivity contribution in [3.63, 3.8) is 0 Å². The van der Waals surface area contributed by atoms with E-state index in [1.54, 1.807) is 0 Å². The van der Waals surface area contributed by atoms with Gasteiger partial charge in [-0.25, -0.2) is 0 Å². The lowest BCUT2D eigenvalue weighted by atomic mass is 10.2. The summed E-state index contributed by atoms with van der Waals surface area (Å²) in [5.74, 6) is -0.786. The van der Waals surface area contributed by atoms with Crippen molar-refractivity contribution in [2.75, 3.05) is 19.6 Å². The average molecular weight is 234 g/mol. The van der Waals surface area contributed by atoms with Crippen LogP contribution in [0.25, 0.3) is 0 Å². The third-order valence-corrected chi connectivity index (χ3v) is 3.06. The van der Waals surface area contributed by atoms with Crippen LogP contribution in [0.4, 0.5) is 0 Å². The Hall–Kier alpha value is -1.39. The van der Waals surface area contributed by atoms with Gasteiger partial charge in [0.05, 0.1) is 6.54 Å². The van der Waals surface area contributed by atoms with E-state index in [0.717, 1.165) is 26.1 Å². The summed E-state index contributed by atoms with van der Waals surface area (Å²) < 4.78 is 0. The summed E-state index contributed by atoms with van der Waals surface area (Å²) in [5.41, 5.74) is 1.31. The zero-order chi connectivity index (χ0) is 12.1. The molecular formula is C13H18N2O2. The van der Waals surface area contributed by atoms with E-state index in [4.69, 9.17) is 5.11 Å². The third-order valence-electron chi connectivity index (χ3n) is 3.06. The molecule has 1 fully saturated rings. The molecule has 0 bridgehead atoms. The Morgan fingerprint density at radius 3 is 2.88 bits per heavy atom. The highest BCUT2D eigenvalue weighted by molar-refractivity contribution is 5.69. The van der Waals surface area contributed by atoms with Crippen LogP contribution in [-0.4, -0.2) is 41.7 Å². The van der Waals surface area contributed by atoms with Crippen LogP contribution >= 0.6 is 0 Å². The highest BCUT2D eigenvalue weighted by Crippen LogP contribution is 2.13. The Labute approximate surface area is 101 Å². The fourth-order valence-corrected chi connectivity index (χ4v) is 2.22. The lowest BCUT2D eigenvalue weighted by Crippen LogP contribution is -2.35. The fourth-order valence-electron chi connectivity index (χ4n) is 2.22. The summed E-state index contributed by atoms with van der Waals surface area (Å²) in [4.78, 5) is 12.8. The van der Waals surface area contributed by atoms with E-state index in [1.807, 2.05) is 18.2 Å². The van der Waals surface area contributed by atoms with Crippen LogP contribution in [0, 0.1) is 0 Å². The highest BCUT2D eigenvalue weighted by Gasteiger charge is 2.22. The van der Waals surface area contributed by atoms with E-state index in [1.165, 1.54) is 5.56 Å². The molecule has 0 unspecified atom stereocenters. The molecule has 1 heterocycles. The van der Waals surface area contributed by atoms with Crippen LogP contribution in [0.2, 0.25) is 0 Å². The van der Waals surface area contributed by atoms with Gasteiger partial charge in [-0.2, -0.15) is 0 Å². The van der Waals surface area contributed by atoms with E-state index in [-0.39, 0.29) is 6.54 Å². The molecule has 1 aliphatic heterocycles. The standard InChI is InChI=1S/C13H18N2O2/c16-13(17)8-14-12-6-7-15(10-12)9-11-4-2-1-3-5-11/h1-5,12,14H,6-10H2,(H,16,17)/t12-/m0/s1. The van der Waals surface area contributed by atoms with Crippen molar-refractivity contribution in [2.24, 2.45) is 0 Å². The zero-order valence-electron chi connectivity index (χ0n) is 9.80. The maximum absolute atomic E-state index is 10.5. The topological polar surface area (TPSA) is 52.6 Å². The number of carboxylic acid groups (broad SMARTS) is 1. The molecule has 17 heavy (non-hydrogen) atoms. The number of nitrogens with one attached hydrogen (secondary N) is 1. The van der Waals surface area contributed by atoms with Crippen molar-refractivity contribution >= 4 is 5.97 Å². The Balaban J connectivity index is 1.76. The van der Waals surface area contributed by atoms with Gasteiger partial charge in [-0.05, 0) is 12.0 Å². The maximum Gasteiger partial charge on any atom is 0.317 e. The molecule has 0 radical (unpaired) electrons. The molecule has 2 N–H and O–H groups in total. The van der Waals surface area contributed by atoms with Crippen LogP contribution in [-0.2, 0) is 11.3 Å². The molecule has 1 aromatic carbocycles. The number of hydrogen-bond acceptors (Lipinski definition) is 3. The predicted octanol–water partition coefficient (Wildman–Crippen LogP) is 0.935. The van der Waals surface area contributed by atoms with Gasteiger partial charge in [-0.3, -0.25) is 9.69 Å². The van der Waals surface area contributed by atoms with Gasteiger partial charge >= 0.3 is 5.97 Å². The number of carboxylic acids is 1. The van der Waals surface area contributed by atoms with Crippen LogP contribution in [0.15, 0.2) is 30.3 Å². The minimum absolute atomic E-state index is 0.0594. The number of benzene rings is 1. The summed E-state index contributed by atoms with van der Waals surface area (Å²) in [7, 11) is 0. The van der Waals surface area contributed by atoms with Gasteiger partial charge in [0, 0.05) is 25.7 Å². The van der Waals surface area contributed by atoms with Crippen LogP contribution in [0.1, 0.15) is 12.0 Å². The molecule has 1 aliphatic rings. The van der Waals surface area contributed by atoms with Gasteiger partial charge in [0.15, 0.2) is 0 Å². The number of nitrogens with zero attached hydrogens (tertiary/aromatic N) is 1. The molecule has 0 aliphatic carbocycles. The lowest BCUT2D eigenvalue weighted by Gasteiger charge is -2.16. The molecule has 0 saturated carbocycles. The van der Waals surface area contributed by atoms with Crippen molar-refractivity contribution in [2.45, 2.75) is 19.0 Å². The van der Waals surface area contributed by atoms with E-state index < -0.39 is 5.97 Å². The van der Waals surface area contributed by atoms with Gasteiger partial charge < -0.3 is 10.4 Å². The van der Waals surface area contributed by atoms with E-state index in [9.17, 15) is 4.79 Å². The van der Waals surface area contributed by atoms with Crippen molar-refractivity contribution < 1.29 is 9.90 Å². The molecule has 4 nitrogen and oxygen atoms in total. The molecule has 2 rings (SSSR count). The first-order valence-corrected chi connectivity index (χ1v) is 5.95. The van der Waals surface area contributed by atoms with Crippen molar-refractivity contribution in [1.29, 1.82) is 0 Å². The third kappa shape index (κ3) is 3.84. The van der Waals surface area contributed by atoms with Gasteiger partial charge in [0.2, 0.25) is 0 Å². The minimum atomic E-state index is -0.786. The highest BCUT2D eigenvalue weighted by atomic mass is 16.4. The Kier molecular flexibility index (Phi) is 4.12. The molecule has 4 heteroatoms. The first kappa shape index (κ1) is 12.1. The monoisotopic (exact) mass is 234 g/mol. The second-order valence-electron chi connectivity index (χ2n) is 4.48. The van der Waals surface area contributed by atoms with Gasteiger partial charge in [0.25, 0.3) is 0 Å². The van der Waals surface area contributed by atoms with E-state index >= 15 is 0 Å². The summed E-state index contributed by atoms with van der Waals surface area (Å²) in [6.07, 6.45) is 1.03. The second-order valence-corrected chi connectivity index (χ2v) is 4.48. The van der Waals surface area contributed by atoms with Gasteiger partial charge in [-0.15, -0.1) is 0 Å². The molecule has 1 aromatic rings. The minimum Gasteiger partial charge on any atom is -0.480 e. The summed E-state index contributed by atoms with van der Waals surface area (Å²) >= 11 is 0. The average Bonchev–Trinajstić information content (AvgIpc) is 2.75. The first-order valence-electron chi connectivity index (χ1n) is 5.95. The fraction of sp³-hybridized carbons (Fsp3) is 0.462.